The van der Waals surface area contributed by atoms with Crippen molar-refractivity contribution in [3.05, 3.63) is 0 Å². The Balaban J connectivity index is 2.54. The zero-order valence-electron chi connectivity index (χ0n) is 10.7. The first-order valence-electron chi connectivity index (χ1n) is 6.27. The van der Waals surface area contributed by atoms with Gasteiger partial charge in [-0.15, -0.1) is 0 Å². The van der Waals surface area contributed by atoms with E-state index in [0.717, 1.165) is 25.7 Å². The van der Waals surface area contributed by atoms with Gasteiger partial charge < -0.3 is 5.73 Å². The molecule has 1 fully saturated rings. The predicted octanol–water partition coefficient (Wildman–Crippen LogP) is 2.78. The van der Waals surface area contributed by atoms with Gasteiger partial charge in [0.05, 0.1) is 6.42 Å². The van der Waals surface area contributed by atoms with Gasteiger partial charge in [0.15, 0.2) is 0 Å². The van der Waals surface area contributed by atoms with Crippen molar-refractivity contribution in [1.29, 1.82) is 0 Å². The number of nitrogens with zero attached hydrogens (tertiary/aromatic N) is 1. The molecule has 0 amide bonds. The summed E-state index contributed by atoms with van der Waals surface area (Å²) in [4.78, 5) is 1.83. The molecule has 102 valence electrons. The lowest BCUT2D eigenvalue weighted by Crippen LogP contribution is -2.54. The average molecular weight is 252 g/mol. The summed E-state index contributed by atoms with van der Waals surface area (Å²) in [5.41, 5.74) is 5.59. The van der Waals surface area contributed by atoms with Crippen LogP contribution in [0.4, 0.5) is 13.2 Å². The maximum atomic E-state index is 12.2. The molecule has 0 heterocycles. The first-order valence-corrected chi connectivity index (χ1v) is 6.27. The molecule has 5 heteroatoms. The van der Waals surface area contributed by atoms with Crippen LogP contribution in [0.1, 0.15) is 39.0 Å². The topological polar surface area (TPSA) is 29.3 Å². The fourth-order valence-corrected chi connectivity index (χ4v) is 2.57. The first-order chi connectivity index (χ1) is 7.79. The van der Waals surface area contributed by atoms with E-state index in [4.69, 9.17) is 5.73 Å². The summed E-state index contributed by atoms with van der Waals surface area (Å²) in [5, 5.41) is 0. The van der Waals surface area contributed by atoms with Crippen molar-refractivity contribution in [3.8, 4) is 0 Å². The largest absolute Gasteiger partial charge is 0.390 e. The molecule has 2 nitrogen and oxygen atoms in total. The Labute approximate surface area is 101 Å². The third-order valence-electron chi connectivity index (χ3n) is 4.13. The van der Waals surface area contributed by atoms with Gasteiger partial charge in [0, 0.05) is 18.6 Å². The van der Waals surface area contributed by atoms with Crippen LogP contribution in [0.5, 0.6) is 0 Å². The molecule has 0 bridgehead atoms. The van der Waals surface area contributed by atoms with Crippen LogP contribution in [0.15, 0.2) is 0 Å². The van der Waals surface area contributed by atoms with Gasteiger partial charge in [-0.2, -0.15) is 13.2 Å². The van der Waals surface area contributed by atoms with E-state index >= 15 is 0 Å². The summed E-state index contributed by atoms with van der Waals surface area (Å²) in [6.45, 7) is 2.69. The molecule has 0 aliphatic heterocycles. The summed E-state index contributed by atoms with van der Waals surface area (Å²) in [6.07, 6.45) is -0.869. The van der Waals surface area contributed by atoms with E-state index in [1.807, 2.05) is 4.90 Å². The molecule has 17 heavy (non-hydrogen) atoms. The van der Waals surface area contributed by atoms with E-state index in [1.165, 1.54) is 0 Å². The predicted molar refractivity (Wildman–Crippen MR) is 62.7 cm³/mol. The number of hydrogen-bond acceptors (Lipinski definition) is 2. The molecule has 1 rings (SSSR count). The molecule has 0 aromatic heterocycles. The maximum absolute atomic E-state index is 12.2. The van der Waals surface area contributed by atoms with Gasteiger partial charge in [-0.1, -0.05) is 6.92 Å². The highest BCUT2D eigenvalue weighted by atomic mass is 19.4. The molecule has 0 spiro atoms. The quantitative estimate of drug-likeness (QED) is 0.833. The van der Waals surface area contributed by atoms with Crippen molar-refractivity contribution in [2.24, 2.45) is 11.7 Å². The van der Waals surface area contributed by atoms with Crippen LogP contribution in [-0.4, -0.2) is 36.8 Å². The molecule has 0 saturated heterocycles. The third-order valence-corrected chi connectivity index (χ3v) is 4.13. The van der Waals surface area contributed by atoms with Crippen LogP contribution < -0.4 is 5.73 Å². The van der Waals surface area contributed by atoms with Crippen molar-refractivity contribution >= 4 is 0 Å². The molecule has 1 aliphatic carbocycles. The van der Waals surface area contributed by atoms with Crippen LogP contribution in [0.2, 0.25) is 0 Å². The smallest absolute Gasteiger partial charge is 0.329 e. The van der Waals surface area contributed by atoms with Gasteiger partial charge in [-0.3, -0.25) is 4.90 Å². The highest BCUT2D eigenvalue weighted by Crippen LogP contribution is 2.35. The Morgan fingerprint density at radius 3 is 2.24 bits per heavy atom. The van der Waals surface area contributed by atoms with Gasteiger partial charge in [0.2, 0.25) is 0 Å². The van der Waals surface area contributed by atoms with Crippen molar-refractivity contribution in [3.63, 3.8) is 0 Å². The number of halogens is 3. The normalized spacial score (nSPS) is 30.9. The minimum atomic E-state index is -4.08. The van der Waals surface area contributed by atoms with E-state index < -0.39 is 12.6 Å². The van der Waals surface area contributed by atoms with Crippen molar-refractivity contribution < 1.29 is 13.2 Å². The zero-order valence-corrected chi connectivity index (χ0v) is 10.7. The van der Waals surface area contributed by atoms with E-state index in [0.29, 0.717) is 12.5 Å². The molecule has 0 radical (unpaired) electrons. The van der Waals surface area contributed by atoms with Crippen molar-refractivity contribution in [1.82, 2.24) is 4.90 Å². The Hall–Kier alpha value is -0.290. The number of hydrogen-bond donors (Lipinski definition) is 1. The minimum Gasteiger partial charge on any atom is -0.329 e. The number of alkyl halides is 3. The van der Waals surface area contributed by atoms with Crippen LogP contribution in [0.3, 0.4) is 0 Å². The minimum absolute atomic E-state index is 0.0507. The second-order valence-electron chi connectivity index (χ2n) is 5.40. The van der Waals surface area contributed by atoms with Crippen LogP contribution in [0, 0.1) is 5.92 Å². The Morgan fingerprint density at radius 1 is 1.29 bits per heavy atom. The highest BCUT2D eigenvalue weighted by Gasteiger charge is 2.38. The zero-order chi connectivity index (χ0) is 13.1. The van der Waals surface area contributed by atoms with Gasteiger partial charge in [0.1, 0.15) is 0 Å². The number of rotatable bonds is 4. The SMILES string of the molecule is CC1CCC(CN)(N(C)CCC(F)(F)F)CC1. The fraction of sp³-hybridized carbons (Fsp3) is 1.00. The Kier molecular flexibility index (Phi) is 4.84. The monoisotopic (exact) mass is 252 g/mol. The summed E-state index contributed by atoms with van der Waals surface area (Å²) in [6, 6.07) is 0. The Morgan fingerprint density at radius 2 is 1.82 bits per heavy atom. The molecular weight excluding hydrogens is 229 g/mol. The van der Waals surface area contributed by atoms with Crippen molar-refractivity contribution in [2.45, 2.75) is 50.7 Å². The summed E-state index contributed by atoms with van der Waals surface area (Å²) < 4.78 is 36.6. The molecule has 0 aromatic carbocycles. The van der Waals surface area contributed by atoms with Crippen LogP contribution in [-0.2, 0) is 0 Å². The molecule has 2 N–H and O–H groups in total. The third kappa shape index (κ3) is 4.14. The second-order valence-corrected chi connectivity index (χ2v) is 5.40. The van der Waals surface area contributed by atoms with Gasteiger partial charge in [0.25, 0.3) is 0 Å². The molecule has 0 aromatic rings. The van der Waals surface area contributed by atoms with Crippen molar-refractivity contribution in [2.75, 3.05) is 20.1 Å². The summed E-state index contributed by atoms with van der Waals surface area (Å²) in [5.74, 6) is 0.672. The fourth-order valence-electron chi connectivity index (χ4n) is 2.57. The number of likely N-dealkylation sites (N-methyl/N-ethyl adjacent to an activating group) is 1. The van der Waals surface area contributed by atoms with E-state index in [9.17, 15) is 13.2 Å². The highest BCUT2D eigenvalue weighted by molar-refractivity contribution is 4.94. The number of nitrogens with two attached hydrogens (primary N) is 1. The van der Waals surface area contributed by atoms with E-state index in [1.54, 1.807) is 7.05 Å². The lowest BCUT2D eigenvalue weighted by atomic mass is 9.76. The molecule has 0 unspecified atom stereocenters. The van der Waals surface area contributed by atoms with Crippen LogP contribution >= 0.6 is 0 Å². The molecular formula is C12H23F3N2. The lowest BCUT2D eigenvalue weighted by molar-refractivity contribution is -0.141. The molecule has 0 atom stereocenters. The average Bonchev–Trinajstić information content (AvgIpc) is 2.26. The molecule has 1 aliphatic rings. The van der Waals surface area contributed by atoms with Gasteiger partial charge >= 0.3 is 6.18 Å². The van der Waals surface area contributed by atoms with E-state index in [-0.39, 0.29) is 12.1 Å². The van der Waals surface area contributed by atoms with Gasteiger partial charge in [-0.25, -0.2) is 0 Å². The standard InChI is InChI=1S/C12H23F3N2/c1-10-3-5-11(9-16,6-4-10)17(2)8-7-12(13,14)15/h10H,3-9,16H2,1-2H3. The summed E-state index contributed by atoms with van der Waals surface area (Å²) >= 11 is 0. The summed E-state index contributed by atoms with van der Waals surface area (Å²) in [7, 11) is 1.77. The Bertz CT molecular complexity index is 232. The lowest BCUT2D eigenvalue weighted by Gasteiger charge is -2.45. The molecule has 1 saturated carbocycles. The second kappa shape index (κ2) is 5.57. The maximum Gasteiger partial charge on any atom is 0.390 e. The van der Waals surface area contributed by atoms with Gasteiger partial charge in [-0.05, 0) is 38.6 Å². The van der Waals surface area contributed by atoms with E-state index in [2.05, 4.69) is 6.92 Å². The first kappa shape index (κ1) is 14.8. The van der Waals surface area contributed by atoms with Crippen LogP contribution in [0.25, 0.3) is 0 Å².